The summed E-state index contributed by atoms with van der Waals surface area (Å²) in [7, 11) is 0. The lowest BCUT2D eigenvalue weighted by atomic mass is 10.2. The highest BCUT2D eigenvalue weighted by molar-refractivity contribution is 5.87. The minimum Gasteiger partial charge on any atom is -0.372 e. The molecule has 1 fully saturated rings. The summed E-state index contributed by atoms with van der Waals surface area (Å²) in [5.74, 6) is 0.929. The number of carbonyl (C=O) groups excluding carboxylic acids is 1. The van der Waals surface area contributed by atoms with E-state index in [0.29, 0.717) is 11.6 Å². The Balaban J connectivity index is 1.63. The Labute approximate surface area is 129 Å². The maximum atomic E-state index is 10.9. The molecule has 3 rings (SSSR count). The number of benzene rings is 1. The number of nitrogens with one attached hydrogen (secondary N) is 2. The monoisotopic (exact) mass is 297 g/mol. The lowest BCUT2D eigenvalue weighted by Gasteiger charge is -2.17. The number of carbonyl (C=O) groups is 1. The predicted molar refractivity (Wildman–Crippen MR) is 87.5 cm³/mol. The van der Waals surface area contributed by atoms with E-state index in [0.717, 1.165) is 18.8 Å². The van der Waals surface area contributed by atoms with Gasteiger partial charge in [0.2, 0.25) is 5.91 Å². The van der Waals surface area contributed by atoms with Crippen LogP contribution in [0.3, 0.4) is 0 Å². The molecule has 0 spiro atoms. The SMILES string of the molecule is CC(=O)Nc1ccc(Nc2ccc(N3CCCC3)cc2)nn1. The topological polar surface area (TPSA) is 70.2 Å². The first-order chi connectivity index (χ1) is 10.7. The van der Waals surface area contributed by atoms with E-state index in [1.54, 1.807) is 12.1 Å². The first kappa shape index (κ1) is 14.3. The number of amides is 1. The summed E-state index contributed by atoms with van der Waals surface area (Å²) in [6, 6.07) is 11.8. The Morgan fingerprint density at radius 1 is 1.00 bits per heavy atom. The Hall–Kier alpha value is -2.63. The molecule has 6 heteroatoms. The molecule has 0 aliphatic carbocycles. The van der Waals surface area contributed by atoms with Gasteiger partial charge in [-0.3, -0.25) is 4.79 Å². The highest BCUT2D eigenvalue weighted by Crippen LogP contribution is 2.23. The molecule has 1 aliphatic heterocycles. The molecule has 1 aromatic heterocycles. The molecule has 0 saturated carbocycles. The summed E-state index contributed by atoms with van der Waals surface area (Å²) in [6.07, 6.45) is 2.55. The van der Waals surface area contributed by atoms with Crippen molar-refractivity contribution in [2.75, 3.05) is 28.6 Å². The minimum absolute atomic E-state index is 0.160. The molecule has 0 bridgehead atoms. The lowest BCUT2D eigenvalue weighted by Crippen LogP contribution is -2.17. The predicted octanol–water partition coefficient (Wildman–Crippen LogP) is 2.78. The van der Waals surface area contributed by atoms with Gasteiger partial charge in [0.25, 0.3) is 0 Å². The van der Waals surface area contributed by atoms with E-state index in [1.807, 2.05) is 12.1 Å². The molecule has 22 heavy (non-hydrogen) atoms. The quantitative estimate of drug-likeness (QED) is 0.908. The normalized spacial score (nSPS) is 14.0. The van der Waals surface area contributed by atoms with E-state index in [-0.39, 0.29) is 5.91 Å². The molecule has 0 atom stereocenters. The van der Waals surface area contributed by atoms with Crippen LogP contribution in [0.25, 0.3) is 0 Å². The summed E-state index contributed by atoms with van der Waals surface area (Å²) in [5, 5.41) is 13.8. The molecule has 1 aliphatic rings. The van der Waals surface area contributed by atoms with Gasteiger partial charge in [0, 0.05) is 31.4 Å². The molecule has 1 amide bonds. The van der Waals surface area contributed by atoms with Crippen LogP contribution in [0.2, 0.25) is 0 Å². The van der Waals surface area contributed by atoms with Gasteiger partial charge in [0.1, 0.15) is 0 Å². The minimum atomic E-state index is -0.160. The molecule has 0 radical (unpaired) electrons. The van der Waals surface area contributed by atoms with Crippen molar-refractivity contribution < 1.29 is 4.79 Å². The van der Waals surface area contributed by atoms with E-state index < -0.39 is 0 Å². The number of aromatic nitrogens is 2. The number of hydrogen-bond donors (Lipinski definition) is 2. The second kappa shape index (κ2) is 6.43. The Morgan fingerprint density at radius 3 is 2.23 bits per heavy atom. The van der Waals surface area contributed by atoms with Crippen LogP contribution in [0.5, 0.6) is 0 Å². The van der Waals surface area contributed by atoms with E-state index in [9.17, 15) is 4.79 Å². The summed E-state index contributed by atoms with van der Waals surface area (Å²) < 4.78 is 0. The fourth-order valence-electron chi connectivity index (χ4n) is 2.52. The third-order valence-electron chi connectivity index (χ3n) is 3.58. The van der Waals surface area contributed by atoms with Crippen LogP contribution in [0.15, 0.2) is 36.4 Å². The number of anilines is 4. The van der Waals surface area contributed by atoms with E-state index in [4.69, 9.17) is 0 Å². The molecule has 6 nitrogen and oxygen atoms in total. The largest absolute Gasteiger partial charge is 0.372 e. The van der Waals surface area contributed by atoms with Gasteiger partial charge in [-0.25, -0.2) is 0 Å². The summed E-state index contributed by atoms with van der Waals surface area (Å²) in [5.41, 5.74) is 2.22. The zero-order chi connectivity index (χ0) is 15.4. The molecule has 2 heterocycles. The van der Waals surface area contributed by atoms with Crippen molar-refractivity contribution in [1.82, 2.24) is 10.2 Å². The fraction of sp³-hybridized carbons (Fsp3) is 0.312. The van der Waals surface area contributed by atoms with Gasteiger partial charge < -0.3 is 15.5 Å². The molecule has 1 aromatic carbocycles. The third-order valence-corrected chi connectivity index (χ3v) is 3.58. The van der Waals surface area contributed by atoms with Crippen LogP contribution in [0, 0.1) is 0 Å². The van der Waals surface area contributed by atoms with Crippen molar-refractivity contribution in [2.45, 2.75) is 19.8 Å². The van der Waals surface area contributed by atoms with Crippen molar-refractivity contribution in [1.29, 1.82) is 0 Å². The van der Waals surface area contributed by atoms with Gasteiger partial charge >= 0.3 is 0 Å². The van der Waals surface area contributed by atoms with Crippen LogP contribution >= 0.6 is 0 Å². The van der Waals surface area contributed by atoms with Crippen molar-refractivity contribution in [3.05, 3.63) is 36.4 Å². The van der Waals surface area contributed by atoms with Crippen LogP contribution in [0.4, 0.5) is 23.0 Å². The van der Waals surface area contributed by atoms with Gasteiger partial charge in [0.15, 0.2) is 11.6 Å². The number of hydrogen-bond acceptors (Lipinski definition) is 5. The molecule has 1 saturated heterocycles. The second-order valence-electron chi connectivity index (χ2n) is 5.35. The summed E-state index contributed by atoms with van der Waals surface area (Å²) >= 11 is 0. The molecule has 2 N–H and O–H groups in total. The molecular weight excluding hydrogens is 278 g/mol. The van der Waals surface area contributed by atoms with Crippen LogP contribution in [-0.2, 0) is 4.79 Å². The van der Waals surface area contributed by atoms with Gasteiger partial charge in [-0.1, -0.05) is 0 Å². The van der Waals surface area contributed by atoms with Gasteiger partial charge in [-0.05, 0) is 49.2 Å². The molecular formula is C16H19N5O. The number of nitrogens with zero attached hydrogens (tertiary/aromatic N) is 3. The van der Waals surface area contributed by atoms with Crippen molar-refractivity contribution >= 4 is 28.9 Å². The first-order valence-corrected chi connectivity index (χ1v) is 7.44. The summed E-state index contributed by atoms with van der Waals surface area (Å²) in [6.45, 7) is 3.72. The lowest BCUT2D eigenvalue weighted by molar-refractivity contribution is -0.114. The van der Waals surface area contributed by atoms with Gasteiger partial charge in [-0.15, -0.1) is 10.2 Å². The molecule has 0 unspecified atom stereocenters. The van der Waals surface area contributed by atoms with Crippen LogP contribution in [0.1, 0.15) is 19.8 Å². The van der Waals surface area contributed by atoms with Crippen LogP contribution < -0.4 is 15.5 Å². The van der Waals surface area contributed by atoms with Gasteiger partial charge in [-0.2, -0.15) is 0 Å². The Kier molecular flexibility index (Phi) is 4.18. The summed E-state index contributed by atoms with van der Waals surface area (Å²) in [4.78, 5) is 13.3. The maximum absolute atomic E-state index is 10.9. The fourth-order valence-corrected chi connectivity index (χ4v) is 2.52. The average Bonchev–Trinajstić information content (AvgIpc) is 3.04. The zero-order valence-electron chi connectivity index (χ0n) is 12.5. The van der Waals surface area contributed by atoms with E-state index in [2.05, 4.69) is 37.9 Å². The van der Waals surface area contributed by atoms with Crippen molar-refractivity contribution in [2.24, 2.45) is 0 Å². The highest BCUT2D eigenvalue weighted by atomic mass is 16.1. The van der Waals surface area contributed by atoms with Crippen molar-refractivity contribution in [3.63, 3.8) is 0 Å². The van der Waals surface area contributed by atoms with E-state index in [1.165, 1.54) is 25.5 Å². The van der Waals surface area contributed by atoms with Crippen molar-refractivity contribution in [3.8, 4) is 0 Å². The standard InChI is InChI=1S/C16H19N5O/c1-12(22)17-15-8-9-16(20-19-15)18-13-4-6-14(7-5-13)21-10-2-3-11-21/h4-9H,2-3,10-11H2,1H3,(H,18,20)(H,17,19,22). The van der Waals surface area contributed by atoms with Crippen LogP contribution in [-0.4, -0.2) is 29.2 Å². The smallest absolute Gasteiger partial charge is 0.222 e. The average molecular weight is 297 g/mol. The maximum Gasteiger partial charge on any atom is 0.222 e. The first-order valence-electron chi connectivity index (χ1n) is 7.44. The molecule has 2 aromatic rings. The van der Waals surface area contributed by atoms with Gasteiger partial charge in [0.05, 0.1) is 0 Å². The second-order valence-corrected chi connectivity index (χ2v) is 5.35. The highest BCUT2D eigenvalue weighted by Gasteiger charge is 2.11. The van der Waals surface area contributed by atoms with E-state index >= 15 is 0 Å². The Morgan fingerprint density at radius 2 is 1.64 bits per heavy atom. The molecule has 114 valence electrons. The number of rotatable bonds is 4. The zero-order valence-corrected chi connectivity index (χ0v) is 12.5. The Bertz CT molecular complexity index is 633. The third kappa shape index (κ3) is 3.52.